The largest absolute Gasteiger partial charge is 0.378 e. The van der Waals surface area contributed by atoms with Crippen LogP contribution in [0.5, 0.6) is 0 Å². The molecule has 42 heavy (non-hydrogen) atoms. The zero-order valence-corrected chi connectivity index (χ0v) is 25.1. The fourth-order valence-electron chi connectivity index (χ4n) is 5.15. The molecule has 1 unspecified atom stereocenters. The first-order chi connectivity index (χ1) is 20.0. The molecule has 3 aromatic carbocycles. The molecule has 1 aromatic heterocycles. The van der Waals surface area contributed by atoms with Crippen molar-refractivity contribution in [3.63, 3.8) is 0 Å². The van der Waals surface area contributed by atoms with Gasteiger partial charge in [-0.2, -0.15) is 5.26 Å². The highest BCUT2D eigenvalue weighted by molar-refractivity contribution is 6.36. The van der Waals surface area contributed by atoms with Gasteiger partial charge in [0.05, 0.1) is 39.0 Å². The Bertz CT molecular complexity index is 1670. The van der Waals surface area contributed by atoms with Crippen molar-refractivity contribution < 1.29 is 4.39 Å². The Morgan fingerprint density at radius 3 is 2.45 bits per heavy atom. The molecule has 2 atom stereocenters. The maximum Gasteiger partial charge on any atom is 0.148 e. The Balaban J connectivity index is 1.62. The number of fused-ring (bicyclic) bond motifs is 1. The normalized spacial score (nSPS) is 15.4. The van der Waals surface area contributed by atoms with Crippen LogP contribution in [0.25, 0.3) is 10.9 Å². The lowest BCUT2D eigenvalue weighted by Gasteiger charge is -2.34. The van der Waals surface area contributed by atoms with Gasteiger partial charge in [0.2, 0.25) is 0 Å². The SMILES string of the molecule is BC(Nc1cc(Cl)c2ncc(C#N)c(N[C@H](CC)c3ccccc3)c2c1)(C1=CN(C(C)(C)C)NN1)c1ccc(F)cc1. The lowest BCUT2D eigenvalue weighted by atomic mass is 9.69. The Hall–Kier alpha value is -4.26. The standard InChI is InChI=1S/C32H34BClFN7/c1-5-27(20-9-7-6-8-10-20)38-29-21(17-36)18-37-30-25(29)15-24(16-26(30)34)39-32(33,22-11-13-23(35)14-12-22)28-19-42(41-40-28)31(2,3)4/h6-16,18-19,27,39-41H,5,33H2,1-4H3,(H,37,38)/t27-,32?/m1/s1. The van der Waals surface area contributed by atoms with E-state index in [1.165, 1.54) is 12.1 Å². The fraction of sp³-hybridized carbons (Fsp3) is 0.250. The number of pyridine rings is 1. The summed E-state index contributed by atoms with van der Waals surface area (Å²) in [7, 11) is 2.02. The number of nitriles is 1. The smallest absolute Gasteiger partial charge is 0.148 e. The van der Waals surface area contributed by atoms with Crippen LogP contribution in [-0.4, -0.2) is 23.4 Å². The summed E-state index contributed by atoms with van der Waals surface area (Å²) in [5.41, 5.74) is 10.7. The van der Waals surface area contributed by atoms with Crippen molar-refractivity contribution >= 4 is 41.7 Å². The minimum atomic E-state index is -0.818. The van der Waals surface area contributed by atoms with Crippen LogP contribution in [-0.2, 0) is 5.44 Å². The van der Waals surface area contributed by atoms with Crippen LogP contribution in [0.1, 0.15) is 56.8 Å². The zero-order valence-electron chi connectivity index (χ0n) is 24.4. The average molecular weight is 582 g/mol. The molecule has 1 aliphatic rings. The predicted molar refractivity (Wildman–Crippen MR) is 171 cm³/mol. The Labute approximate surface area is 252 Å². The summed E-state index contributed by atoms with van der Waals surface area (Å²) in [6.07, 6.45) is 4.38. The number of anilines is 2. The van der Waals surface area contributed by atoms with E-state index in [1.807, 2.05) is 49.4 Å². The number of nitrogens with zero attached hydrogens (tertiary/aromatic N) is 3. The molecular weight excluding hydrogens is 548 g/mol. The maximum absolute atomic E-state index is 14.0. The minimum absolute atomic E-state index is 0.0222. The van der Waals surface area contributed by atoms with Gasteiger partial charge in [0.25, 0.3) is 0 Å². The molecular formula is C32H34BClFN7. The van der Waals surface area contributed by atoms with E-state index in [-0.39, 0.29) is 17.4 Å². The highest BCUT2D eigenvalue weighted by atomic mass is 35.5. The molecule has 4 aromatic rings. The molecule has 0 radical (unpaired) electrons. The van der Waals surface area contributed by atoms with Gasteiger partial charge in [-0.1, -0.05) is 61.0 Å². The number of hydrazine groups is 2. The molecule has 0 saturated carbocycles. The van der Waals surface area contributed by atoms with Gasteiger partial charge in [-0.3, -0.25) is 9.99 Å². The van der Waals surface area contributed by atoms with Gasteiger partial charge in [-0.25, -0.2) is 4.39 Å². The Kier molecular flexibility index (Phi) is 8.05. The lowest BCUT2D eigenvalue weighted by Crippen LogP contribution is -2.49. The average Bonchev–Trinajstić information content (AvgIpc) is 3.49. The first-order valence-corrected chi connectivity index (χ1v) is 14.3. The molecule has 7 nitrogen and oxygen atoms in total. The van der Waals surface area contributed by atoms with E-state index in [1.54, 1.807) is 18.3 Å². The molecule has 4 N–H and O–H groups in total. The van der Waals surface area contributed by atoms with E-state index in [4.69, 9.17) is 11.6 Å². The second-order valence-electron chi connectivity index (χ2n) is 11.6. The number of benzene rings is 3. The van der Waals surface area contributed by atoms with Crippen molar-refractivity contribution in [1.29, 1.82) is 5.26 Å². The van der Waals surface area contributed by atoms with Crippen LogP contribution in [0.4, 0.5) is 15.8 Å². The van der Waals surface area contributed by atoms with Crippen molar-refractivity contribution in [1.82, 2.24) is 21.0 Å². The number of nitrogens with one attached hydrogen (secondary N) is 4. The first kappa shape index (κ1) is 29.2. The van der Waals surface area contributed by atoms with Gasteiger partial charge in [-0.05, 0) is 62.6 Å². The van der Waals surface area contributed by atoms with Crippen LogP contribution >= 0.6 is 11.6 Å². The second kappa shape index (κ2) is 11.6. The lowest BCUT2D eigenvalue weighted by molar-refractivity contribution is 0.138. The molecule has 5 rings (SSSR count). The second-order valence-corrected chi connectivity index (χ2v) is 12.0. The summed E-state index contributed by atoms with van der Waals surface area (Å²) in [4.78, 5) is 4.53. The van der Waals surface area contributed by atoms with Gasteiger partial charge in [0.1, 0.15) is 19.7 Å². The summed E-state index contributed by atoms with van der Waals surface area (Å²) < 4.78 is 14.0. The van der Waals surface area contributed by atoms with Crippen molar-refractivity contribution in [2.24, 2.45) is 0 Å². The van der Waals surface area contributed by atoms with Crippen molar-refractivity contribution in [3.05, 3.63) is 112 Å². The third-order valence-electron chi connectivity index (χ3n) is 7.62. The van der Waals surface area contributed by atoms with Gasteiger partial charge in [0.15, 0.2) is 0 Å². The van der Waals surface area contributed by atoms with E-state index < -0.39 is 5.44 Å². The molecule has 0 bridgehead atoms. The van der Waals surface area contributed by atoms with Gasteiger partial charge < -0.3 is 16.1 Å². The fourth-order valence-corrected chi connectivity index (χ4v) is 5.42. The molecule has 0 amide bonds. The number of aromatic nitrogens is 1. The van der Waals surface area contributed by atoms with Gasteiger partial charge >= 0.3 is 0 Å². The van der Waals surface area contributed by atoms with Gasteiger partial charge in [0, 0.05) is 29.0 Å². The molecule has 0 saturated heterocycles. The summed E-state index contributed by atoms with van der Waals surface area (Å²) in [6.45, 7) is 8.39. The summed E-state index contributed by atoms with van der Waals surface area (Å²) in [5.74, 6) is -0.313. The van der Waals surface area contributed by atoms with Crippen LogP contribution < -0.4 is 21.6 Å². The van der Waals surface area contributed by atoms with Gasteiger partial charge in [-0.15, -0.1) is 5.53 Å². The number of hydrogen-bond donors (Lipinski definition) is 4. The topological polar surface area (TPSA) is 88.0 Å². The molecule has 0 aliphatic carbocycles. The summed E-state index contributed by atoms with van der Waals surface area (Å²) in [5, 5.41) is 20.4. The van der Waals surface area contributed by atoms with E-state index in [0.717, 1.165) is 28.6 Å². The van der Waals surface area contributed by atoms with Crippen LogP contribution in [0.15, 0.2) is 84.8 Å². The number of halogens is 2. The predicted octanol–water partition coefficient (Wildman–Crippen LogP) is 6.32. The van der Waals surface area contributed by atoms with Crippen LogP contribution in [0, 0.1) is 17.1 Å². The molecule has 2 heterocycles. The third-order valence-corrected chi connectivity index (χ3v) is 7.91. The molecule has 10 heteroatoms. The third kappa shape index (κ3) is 5.73. The van der Waals surface area contributed by atoms with E-state index in [0.29, 0.717) is 27.5 Å². The van der Waals surface area contributed by atoms with E-state index in [9.17, 15) is 9.65 Å². The Morgan fingerprint density at radius 2 is 1.83 bits per heavy atom. The first-order valence-electron chi connectivity index (χ1n) is 13.9. The van der Waals surface area contributed by atoms with Crippen molar-refractivity contribution in [3.8, 4) is 6.07 Å². The molecule has 0 fully saturated rings. The summed E-state index contributed by atoms with van der Waals surface area (Å²) >= 11 is 6.84. The zero-order chi connectivity index (χ0) is 30.1. The van der Waals surface area contributed by atoms with E-state index >= 15 is 0 Å². The van der Waals surface area contributed by atoms with Crippen LogP contribution in [0.3, 0.4) is 0 Å². The Morgan fingerprint density at radius 1 is 1.12 bits per heavy atom. The maximum atomic E-state index is 14.0. The highest BCUT2D eigenvalue weighted by Gasteiger charge is 2.36. The van der Waals surface area contributed by atoms with Crippen molar-refractivity contribution in [2.45, 2.75) is 51.1 Å². The monoisotopic (exact) mass is 581 g/mol. The molecule has 214 valence electrons. The highest BCUT2D eigenvalue weighted by Crippen LogP contribution is 2.38. The van der Waals surface area contributed by atoms with Crippen molar-refractivity contribution in [2.75, 3.05) is 10.6 Å². The number of rotatable bonds is 8. The van der Waals surface area contributed by atoms with E-state index in [2.05, 4.69) is 72.5 Å². The summed E-state index contributed by atoms with van der Waals surface area (Å²) in [6, 6.07) is 22.6. The minimum Gasteiger partial charge on any atom is -0.378 e. The molecule has 1 aliphatic heterocycles. The number of hydrogen-bond acceptors (Lipinski definition) is 7. The molecule has 0 spiro atoms. The van der Waals surface area contributed by atoms with Crippen LogP contribution in [0.2, 0.25) is 5.02 Å². The quantitative estimate of drug-likeness (QED) is 0.181.